The fourth-order valence-corrected chi connectivity index (χ4v) is 1.02. The number of H-pyrrole nitrogens is 1. The van der Waals surface area contributed by atoms with Gasteiger partial charge in [0.15, 0.2) is 6.67 Å². The highest BCUT2D eigenvalue weighted by atomic mass is 16.5. The van der Waals surface area contributed by atoms with E-state index in [-0.39, 0.29) is 12.2 Å². The number of aryl methyl sites for hydroxylation is 1. The highest BCUT2D eigenvalue weighted by Crippen LogP contribution is 1.91. The smallest absolute Gasteiger partial charge is 0.362 e. The maximum absolute atomic E-state index is 11.2. The van der Waals surface area contributed by atoms with Crippen molar-refractivity contribution in [3.8, 4) is 0 Å². The highest BCUT2D eigenvalue weighted by Gasteiger charge is 2.05. The van der Waals surface area contributed by atoms with Gasteiger partial charge in [-0.3, -0.25) is 4.79 Å². The van der Waals surface area contributed by atoms with Gasteiger partial charge < -0.3 is 4.52 Å². The van der Waals surface area contributed by atoms with Gasteiger partial charge in [-0.2, -0.15) is 4.68 Å². The number of tetrazole rings is 1. The number of hydrogen-bond donors (Lipinski definition) is 1. The third-order valence-corrected chi connectivity index (χ3v) is 1.62. The highest BCUT2D eigenvalue weighted by molar-refractivity contribution is 4.90. The third kappa shape index (κ3) is 1.37. The summed E-state index contributed by atoms with van der Waals surface area (Å²) in [5.74, 6) is 0.478. The molecule has 0 saturated heterocycles. The summed E-state index contributed by atoms with van der Waals surface area (Å²) >= 11 is 0. The summed E-state index contributed by atoms with van der Waals surface area (Å²) in [6, 6.07) is 1.32. The third-order valence-electron chi connectivity index (χ3n) is 1.62. The van der Waals surface area contributed by atoms with Crippen LogP contribution >= 0.6 is 0 Å². The Kier molecular flexibility index (Phi) is 1.80. The molecule has 2 aromatic rings. The Morgan fingerprint density at radius 2 is 2.36 bits per heavy atom. The Hall–Kier alpha value is -2.12. The molecule has 0 aliphatic rings. The summed E-state index contributed by atoms with van der Waals surface area (Å²) in [5.41, 5.74) is -0.816. The number of hydrogen-bond acceptors (Lipinski definition) is 5. The minimum Gasteiger partial charge on any atom is -0.379 e. The molecule has 14 heavy (non-hydrogen) atoms. The molecule has 0 aromatic carbocycles. The van der Waals surface area contributed by atoms with Crippen molar-refractivity contribution in [3.63, 3.8) is 0 Å². The van der Waals surface area contributed by atoms with E-state index in [9.17, 15) is 9.59 Å². The van der Waals surface area contributed by atoms with Crippen LogP contribution in [0, 0.1) is 6.92 Å². The summed E-state index contributed by atoms with van der Waals surface area (Å²) in [4.78, 5) is 22.1. The van der Waals surface area contributed by atoms with Crippen molar-refractivity contribution in [2.24, 2.45) is 0 Å². The quantitative estimate of drug-likeness (QED) is 0.634. The van der Waals surface area contributed by atoms with Crippen LogP contribution in [0.4, 0.5) is 0 Å². The lowest BCUT2D eigenvalue weighted by Crippen LogP contribution is -2.26. The Morgan fingerprint density at radius 3 is 2.86 bits per heavy atom. The zero-order valence-corrected chi connectivity index (χ0v) is 7.30. The van der Waals surface area contributed by atoms with E-state index in [1.54, 1.807) is 6.92 Å². The fraction of sp³-hybridized carbons (Fsp3) is 0.333. The van der Waals surface area contributed by atoms with Crippen LogP contribution in [0.1, 0.15) is 5.76 Å². The molecule has 0 fully saturated rings. The van der Waals surface area contributed by atoms with E-state index in [1.807, 2.05) is 0 Å². The van der Waals surface area contributed by atoms with E-state index < -0.39 is 5.69 Å². The molecule has 0 unspecified atom stereocenters. The fourth-order valence-electron chi connectivity index (χ4n) is 1.02. The lowest BCUT2D eigenvalue weighted by atomic mass is 10.5. The van der Waals surface area contributed by atoms with Crippen molar-refractivity contribution in [1.82, 2.24) is 24.9 Å². The van der Waals surface area contributed by atoms with Crippen molar-refractivity contribution in [2.75, 3.05) is 0 Å². The van der Waals surface area contributed by atoms with E-state index >= 15 is 0 Å². The largest absolute Gasteiger partial charge is 0.379 e. The zero-order valence-electron chi connectivity index (χ0n) is 7.30. The minimum absolute atomic E-state index is 0.0813. The van der Waals surface area contributed by atoms with Crippen LogP contribution in [-0.4, -0.2) is 24.9 Å². The van der Waals surface area contributed by atoms with Crippen LogP contribution in [0.3, 0.4) is 0 Å². The SMILES string of the molecule is Cc1cc(=O)n(Cn2nn[nH]c2=O)o1. The molecule has 8 nitrogen and oxygen atoms in total. The maximum Gasteiger partial charge on any atom is 0.362 e. The van der Waals surface area contributed by atoms with Crippen LogP contribution in [0.2, 0.25) is 0 Å². The van der Waals surface area contributed by atoms with E-state index in [1.165, 1.54) is 6.07 Å². The summed E-state index contributed by atoms with van der Waals surface area (Å²) in [5, 5.41) is 8.82. The Bertz CT molecular complexity index is 544. The molecule has 0 atom stereocenters. The predicted molar refractivity (Wildman–Crippen MR) is 43.7 cm³/mol. The van der Waals surface area contributed by atoms with Crippen LogP contribution in [0.15, 0.2) is 20.2 Å². The van der Waals surface area contributed by atoms with Crippen molar-refractivity contribution >= 4 is 0 Å². The van der Waals surface area contributed by atoms with Gasteiger partial charge in [0.2, 0.25) is 0 Å². The van der Waals surface area contributed by atoms with Gasteiger partial charge in [0.05, 0.1) is 0 Å². The number of nitrogens with one attached hydrogen (secondary N) is 1. The first-order chi connectivity index (χ1) is 6.66. The lowest BCUT2D eigenvalue weighted by Gasteiger charge is -1.96. The molecule has 0 aliphatic heterocycles. The Labute approximate surface area is 76.7 Å². The molecule has 2 rings (SSSR count). The summed E-state index contributed by atoms with van der Waals surface area (Å²) < 4.78 is 7.00. The normalized spacial score (nSPS) is 10.6. The second-order valence-corrected chi connectivity index (χ2v) is 2.71. The van der Waals surface area contributed by atoms with Gasteiger partial charge in [-0.25, -0.2) is 9.89 Å². The lowest BCUT2D eigenvalue weighted by molar-refractivity contribution is 0.224. The topological polar surface area (TPSA) is 98.7 Å². The van der Waals surface area contributed by atoms with Crippen molar-refractivity contribution in [2.45, 2.75) is 13.6 Å². The maximum atomic E-state index is 11.2. The number of aromatic amines is 1. The molecule has 8 heteroatoms. The van der Waals surface area contributed by atoms with Crippen LogP contribution in [-0.2, 0) is 6.67 Å². The molecular formula is C6H7N5O3. The molecular weight excluding hydrogens is 190 g/mol. The number of aromatic nitrogens is 5. The Morgan fingerprint density at radius 1 is 1.57 bits per heavy atom. The first-order valence-electron chi connectivity index (χ1n) is 3.83. The first-order valence-corrected chi connectivity index (χ1v) is 3.83. The van der Waals surface area contributed by atoms with E-state index in [2.05, 4.69) is 15.5 Å². The van der Waals surface area contributed by atoms with Crippen LogP contribution in [0.5, 0.6) is 0 Å². The molecule has 0 spiro atoms. The second-order valence-electron chi connectivity index (χ2n) is 2.71. The minimum atomic E-state index is -0.494. The van der Waals surface area contributed by atoms with Crippen molar-refractivity contribution in [3.05, 3.63) is 32.7 Å². The zero-order chi connectivity index (χ0) is 10.1. The van der Waals surface area contributed by atoms with E-state index in [4.69, 9.17) is 4.52 Å². The summed E-state index contributed by atoms with van der Waals surface area (Å²) in [6.07, 6.45) is 0. The summed E-state index contributed by atoms with van der Waals surface area (Å²) in [6.45, 7) is 1.56. The second kappa shape index (κ2) is 2.98. The van der Waals surface area contributed by atoms with Crippen LogP contribution < -0.4 is 11.2 Å². The van der Waals surface area contributed by atoms with E-state index in [0.29, 0.717) is 5.76 Å². The number of rotatable bonds is 2. The van der Waals surface area contributed by atoms with Crippen LogP contribution in [0.25, 0.3) is 0 Å². The molecule has 0 radical (unpaired) electrons. The molecule has 0 aliphatic carbocycles. The average molecular weight is 197 g/mol. The predicted octanol–water partition coefficient (Wildman–Crippen LogP) is -1.46. The molecule has 74 valence electrons. The first kappa shape index (κ1) is 8.48. The van der Waals surface area contributed by atoms with Gasteiger partial charge in [-0.1, -0.05) is 0 Å². The van der Waals surface area contributed by atoms with Gasteiger partial charge in [0.25, 0.3) is 5.56 Å². The van der Waals surface area contributed by atoms with E-state index in [0.717, 1.165) is 9.42 Å². The van der Waals surface area contributed by atoms with Gasteiger partial charge in [0.1, 0.15) is 5.76 Å². The molecule has 0 amide bonds. The molecule has 2 heterocycles. The summed E-state index contributed by atoms with van der Waals surface area (Å²) in [7, 11) is 0. The Balaban J connectivity index is 2.36. The molecule has 0 bridgehead atoms. The van der Waals surface area contributed by atoms with Gasteiger partial charge in [0, 0.05) is 6.07 Å². The molecule has 2 aromatic heterocycles. The van der Waals surface area contributed by atoms with Crippen molar-refractivity contribution in [1.29, 1.82) is 0 Å². The van der Waals surface area contributed by atoms with Gasteiger partial charge in [-0.15, -0.1) is 4.74 Å². The van der Waals surface area contributed by atoms with Gasteiger partial charge in [-0.05, 0) is 17.4 Å². The van der Waals surface area contributed by atoms with Crippen molar-refractivity contribution < 1.29 is 4.52 Å². The number of nitrogens with zero attached hydrogens (tertiary/aromatic N) is 4. The monoisotopic (exact) mass is 197 g/mol. The molecule has 0 saturated carbocycles. The van der Waals surface area contributed by atoms with Gasteiger partial charge >= 0.3 is 5.69 Å². The molecule has 1 N–H and O–H groups in total. The average Bonchev–Trinajstić information content (AvgIpc) is 2.62. The standard InChI is InChI=1S/C6H7N5O3/c1-4-2-5(12)11(14-4)3-10-6(13)7-8-9-10/h2H,3H2,1H3,(H,7,9,13).